The van der Waals surface area contributed by atoms with Crippen molar-refractivity contribution in [1.29, 1.82) is 0 Å². The van der Waals surface area contributed by atoms with Gasteiger partial charge in [-0.1, -0.05) is 17.7 Å². The predicted molar refractivity (Wildman–Crippen MR) is 95.2 cm³/mol. The van der Waals surface area contributed by atoms with Gasteiger partial charge >= 0.3 is 0 Å². The van der Waals surface area contributed by atoms with E-state index >= 15 is 0 Å². The average Bonchev–Trinajstić information content (AvgIpc) is 3.23. The van der Waals surface area contributed by atoms with Crippen LogP contribution in [0.2, 0.25) is 5.15 Å². The van der Waals surface area contributed by atoms with Crippen LogP contribution < -0.4 is 20.1 Å². The molecule has 2 N–H and O–H groups in total. The summed E-state index contributed by atoms with van der Waals surface area (Å²) in [7, 11) is 0. The SMILES string of the molecule is O=C(Nc1cccc(Cl)n1)c1csc(Nc2ccc3c(c2)OCO3)n1. The lowest BCUT2D eigenvalue weighted by molar-refractivity contribution is 0.102. The van der Waals surface area contributed by atoms with E-state index in [-0.39, 0.29) is 18.4 Å². The summed E-state index contributed by atoms with van der Waals surface area (Å²) in [5.74, 6) is 1.39. The van der Waals surface area contributed by atoms with Gasteiger partial charge in [0.15, 0.2) is 16.6 Å². The lowest BCUT2D eigenvalue weighted by atomic mass is 10.3. The Labute approximate surface area is 151 Å². The summed E-state index contributed by atoms with van der Waals surface area (Å²) in [6.45, 7) is 0.220. The van der Waals surface area contributed by atoms with Crippen LogP contribution in [0.4, 0.5) is 16.6 Å². The average molecular weight is 375 g/mol. The minimum Gasteiger partial charge on any atom is -0.454 e. The first-order chi connectivity index (χ1) is 12.2. The first-order valence-electron chi connectivity index (χ1n) is 7.23. The fourth-order valence-corrected chi connectivity index (χ4v) is 3.07. The normalized spacial score (nSPS) is 12.0. The van der Waals surface area contributed by atoms with E-state index in [4.69, 9.17) is 21.1 Å². The van der Waals surface area contributed by atoms with Gasteiger partial charge in [0, 0.05) is 17.1 Å². The molecule has 0 spiro atoms. The number of pyridine rings is 1. The maximum absolute atomic E-state index is 12.2. The van der Waals surface area contributed by atoms with Gasteiger partial charge in [-0.25, -0.2) is 9.97 Å². The number of rotatable bonds is 4. The summed E-state index contributed by atoms with van der Waals surface area (Å²) in [5.41, 5.74) is 1.08. The van der Waals surface area contributed by atoms with Crippen molar-refractivity contribution in [2.45, 2.75) is 0 Å². The molecule has 0 atom stereocenters. The molecule has 2 aromatic heterocycles. The van der Waals surface area contributed by atoms with E-state index in [1.165, 1.54) is 11.3 Å². The lowest BCUT2D eigenvalue weighted by Gasteiger charge is -2.04. The highest BCUT2D eigenvalue weighted by Gasteiger charge is 2.15. The van der Waals surface area contributed by atoms with Gasteiger partial charge in [0.1, 0.15) is 16.7 Å². The molecular formula is C16H11ClN4O3S. The predicted octanol–water partition coefficient (Wildman–Crippen LogP) is 3.92. The van der Waals surface area contributed by atoms with Gasteiger partial charge in [-0.15, -0.1) is 11.3 Å². The Kier molecular flexibility index (Phi) is 4.12. The number of hydrogen-bond donors (Lipinski definition) is 2. The number of aromatic nitrogens is 2. The molecule has 0 radical (unpaired) electrons. The molecular weight excluding hydrogens is 364 g/mol. The fourth-order valence-electron chi connectivity index (χ4n) is 2.19. The van der Waals surface area contributed by atoms with Crippen molar-refractivity contribution in [2.75, 3.05) is 17.4 Å². The zero-order valence-corrected chi connectivity index (χ0v) is 14.2. The second-order valence-electron chi connectivity index (χ2n) is 5.03. The van der Waals surface area contributed by atoms with E-state index in [1.54, 1.807) is 23.6 Å². The number of hydrogen-bond acceptors (Lipinski definition) is 7. The molecule has 9 heteroatoms. The number of carbonyl (C=O) groups is 1. The van der Waals surface area contributed by atoms with E-state index in [0.29, 0.717) is 27.6 Å². The van der Waals surface area contributed by atoms with Crippen LogP contribution in [-0.4, -0.2) is 22.7 Å². The summed E-state index contributed by atoms with van der Waals surface area (Å²) >= 11 is 7.12. The molecule has 3 heterocycles. The molecule has 0 saturated heterocycles. The Bertz CT molecular complexity index is 947. The smallest absolute Gasteiger partial charge is 0.276 e. The third-order valence-electron chi connectivity index (χ3n) is 3.32. The number of ether oxygens (including phenoxy) is 2. The zero-order chi connectivity index (χ0) is 17.2. The van der Waals surface area contributed by atoms with Crippen molar-refractivity contribution in [3.63, 3.8) is 0 Å². The van der Waals surface area contributed by atoms with Crippen LogP contribution in [0.5, 0.6) is 11.5 Å². The fraction of sp³-hybridized carbons (Fsp3) is 0.0625. The van der Waals surface area contributed by atoms with Crippen LogP contribution in [0.3, 0.4) is 0 Å². The molecule has 0 bridgehead atoms. The summed E-state index contributed by atoms with van der Waals surface area (Å²) in [4.78, 5) is 20.5. The van der Waals surface area contributed by atoms with E-state index in [0.717, 1.165) is 5.69 Å². The maximum atomic E-state index is 12.2. The van der Waals surface area contributed by atoms with E-state index in [2.05, 4.69) is 20.6 Å². The number of anilines is 3. The Morgan fingerprint density at radius 3 is 2.92 bits per heavy atom. The number of nitrogens with one attached hydrogen (secondary N) is 2. The quantitative estimate of drug-likeness (QED) is 0.673. The molecule has 1 aliphatic heterocycles. The van der Waals surface area contributed by atoms with Gasteiger partial charge in [0.25, 0.3) is 5.91 Å². The molecule has 1 aliphatic rings. The zero-order valence-electron chi connectivity index (χ0n) is 12.7. The molecule has 3 aromatic rings. The van der Waals surface area contributed by atoms with E-state index in [9.17, 15) is 4.79 Å². The summed E-state index contributed by atoms with van der Waals surface area (Å²) in [6.07, 6.45) is 0. The van der Waals surface area contributed by atoms with Crippen LogP contribution >= 0.6 is 22.9 Å². The Morgan fingerprint density at radius 2 is 2.04 bits per heavy atom. The Hall–Kier alpha value is -2.84. The minimum absolute atomic E-state index is 0.220. The Balaban J connectivity index is 1.45. The summed E-state index contributed by atoms with van der Waals surface area (Å²) < 4.78 is 10.6. The molecule has 7 nitrogen and oxygen atoms in total. The second-order valence-corrected chi connectivity index (χ2v) is 6.28. The standard InChI is InChI=1S/C16H11ClN4O3S/c17-13-2-1-3-14(20-13)21-15(22)10-7-25-16(19-10)18-9-4-5-11-12(6-9)24-8-23-11/h1-7H,8H2,(H,18,19)(H,20,21,22). The molecule has 126 valence electrons. The molecule has 0 saturated carbocycles. The molecule has 0 unspecified atom stereocenters. The van der Waals surface area contributed by atoms with Crippen molar-refractivity contribution < 1.29 is 14.3 Å². The van der Waals surface area contributed by atoms with Gasteiger partial charge in [0.2, 0.25) is 6.79 Å². The van der Waals surface area contributed by atoms with Crippen molar-refractivity contribution in [3.05, 3.63) is 52.6 Å². The van der Waals surface area contributed by atoms with Crippen LogP contribution in [0.1, 0.15) is 10.5 Å². The number of amides is 1. The third-order valence-corrected chi connectivity index (χ3v) is 4.29. The van der Waals surface area contributed by atoms with Crippen LogP contribution in [0, 0.1) is 0 Å². The molecule has 0 aliphatic carbocycles. The van der Waals surface area contributed by atoms with Gasteiger partial charge < -0.3 is 20.1 Å². The second kappa shape index (κ2) is 6.58. The minimum atomic E-state index is -0.357. The number of fused-ring (bicyclic) bond motifs is 1. The lowest BCUT2D eigenvalue weighted by Crippen LogP contribution is -2.13. The number of carbonyl (C=O) groups excluding carboxylic acids is 1. The van der Waals surface area contributed by atoms with Crippen molar-refractivity contribution >= 4 is 45.5 Å². The van der Waals surface area contributed by atoms with E-state index in [1.807, 2.05) is 18.2 Å². The molecule has 0 fully saturated rings. The van der Waals surface area contributed by atoms with Crippen LogP contribution in [0.25, 0.3) is 0 Å². The van der Waals surface area contributed by atoms with Gasteiger partial charge in [-0.05, 0) is 24.3 Å². The molecule has 4 rings (SSSR count). The highest BCUT2D eigenvalue weighted by atomic mass is 35.5. The third kappa shape index (κ3) is 3.49. The first-order valence-corrected chi connectivity index (χ1v) is 8.49. The highest BCUT2D eigenvalue weighted by molar-refractivity contribution is 7.14. The number of benzene rings is 1. The number of thiazole rings is 1. The Morgan fingerprint density at radius 1 is 1.16 bits per heavy atom. The van der Waals surface area contributed by atoms with Gasteiger partial charge in [-0.2, -0.15) is 0 Å². The summed E-state index contributed by atoms with van der Waals surface area (Å²) in [5, 5.41) is 8.35. The summed E-state index contributed by atoms with van der Waals surface area (Å²) in [6, 6.07) is 10.5. The monoisotopic (exact) mass is 374 g/mol. The molecule has 1 aromatic carbocycles. The van der Waals surface area contributed by atoms with Crippen molar-refractivity contribution in [3.8, 4) is 11.5 Å². The van der Waals surface area contributed by atoms with Gasteiger partial charge in [0.05, 0.1) is 0 Å². The number of nitrogens with zero attached hydrogens (tertiary/aromatic N) is 2. The molecule has 25 heavy (non-hydrogen) atoms. The number of halogens is 1. The topological polar surface area (TPSA) is 85.4 Å². The van der Waals surface area contributed by atoms with Crippen LogP contribution in [0.15, 0.2) is 41.8 Å². The molecule has 1 amide bonds. The highest BCUT2D eigenvalue weighted by Crippen LogP contribution is 2.35. The van der Waals surface area contributed by atoms with E-state index < -0.39 is 0 Å². The van der Waals surface area contributed by atoms with Gasteiger partial charge in [-0.3, -0.25) is 4.79 Å². The van der Waals surface area contributed by atoms with Crippen LogP contribution in [-0.2, 0) is 0 Å². The maximum Gasteiger partial charge on any atom is 0.276 e. The van der Waals surface area contributed by atoms with Crippen molar-refractivity contribution in [1.82, 2.24) is 9.97 Å². The largest absolute Gasteiger partial charge is 0.454 e. The first kappa shape index (κ1) is 15.7. The van der Waals surface area contributed by atoms with Crippen molar-refractivity contribution in [2.24, 2.45) is 0 Å².